The number of imidazole rings is 1. The van der Waals surface area contributed by atoms with E-state index >= 15 is 0 Å². The number of piperidine rings is 1. The maximum Gasteiger partial charge on any atom is 0.461 e. The molecule has 2 aromatic rings. The van der Waals surface area contributed by atoms with E-state index in [4.69, 9.17) is 9.31 Å². The lowest BCUT2D eigenvalue weighted by atomic mass is 9.66. The number of fused-ring (bicyclic) bond motifs is 1. The monoisotopic (exact) mass is 369 g/mol. The van der Waals surface area contributed by atoms with Gasteiger partial charge in [0.1, 0.15) is 0 Å². The van der Waals surface area contributed by atoms with Crippen molar-refractivity contribution in [1.29, 1.82) is 0 Å². The van der Waals surface area contributed by atoms with Crippen LogP contribution < -0.4 is 0 Å². The molecule has 1 amide bonds. The molecule has 0 aliphatic carbocycles. The van der Waals surface area contributed by atoms with Crippen molar-refractivity contribution < 1.29 is 14.1 Å². The molecule has 0 bridgehead atoms. The average Bonchev–Trinajstić information content (AvgIpc) is 3.10. The van der Waals surface area contributed by atoms with Crippen LogP contribution in [0.15, 0.2) is 24.7 Å². The first-order valence-electron chi connectivity index (χ1n) is 9.76. The van der Waals surface area contributed by atoms with Gasteiger partial charge in [-0.05, 0) is 65.4 Å². The molecule has 0 aromatic carbocycles. The molecule has 4 heterocycles. The fraction of sp³-hybridized carbons (Fsp3) is 0.600. The molecule has 0 unspecified atom stereocenters. The van der Waals surface area contributed by atoms with E-state index in [-0.39, 0.29) is 24.2 Å². The number of aryl methyl sites for hydroxylation is 1. The van der Waals surface area contributed by atoms with E-state index < -0.39 is 0 Å². The molecule has 6 nitrogen and oxygen atoms in total. The van der Waals surface area contributed by atoms with Crippen molar-refractivity contribution in [2.75, 3.05) is 13.1 Å². The van der Waals surface area contributed by atoms with Crippen molar-refractivity contribution in [2.45, 2.75) is 64.5 Å². The summed E-state index contributed by atoms with van der Waals surface area (Å²) in [5.41, 5.74) is 2.03. The predicted octanol–water partition coefficient (Wildman–Crippen LogP) is 3.34. The predicted molar refractivity (Wildman–Crippen MR) is 105 cm³/mol. The minimum absolute atomic E-state index is 0.0884. The molecular weight excluding hydrogens is 341 g/mol. The smallest absolute Gasteiger partial charge is 0.403 e. The fourth-order valence-corrected chi connectivity index (χ4v) is 3.89. The summed E-state index contributed by atoms with van der Waals surface area (Å²) in [5.74, 6) is 0.417. The number of amides is 1. The Morgan fingerprint density at radius 2 is 1.81 bits per heavy atom. The minimum Gasteiger partial charge on any atom is -0.403 e. The van der Waals surface area contributed by atoms with E-state index in [9.17, 15) is 4.79 Å². The molecule has 4 rings (SSSR count). The average molecular weight is 369 g/mol. The zero-order chi connectivity index (χ0) is 19.4. The highest BCUT2D eigenvalue weighted by Gasteiger charge is 2.53. The van der Waals surface area contributed by atoms with Crippen LogP contribution in [-0.2, 0) is 9.31 Å². The zero-order valence-corrected chi connectivity index (χ0v) is 16.9. The van der Waals surface area contributed by atoms with E-state index in [0.717, 1.165) is 42.7 Å². The Kier molecular flexibility index (Phi) is 4.35. The Balaban J connectivity index is 1.41. The normalized spacial score (nSPS) is 22.6. The van der Waals surface area contributed by atoms with Gasteiger partial charge in [-0.25, -0.2) is 4.98 Å². The zero-order valence-electron chi connectivity index (χ0n) is 16.9. The molecule has 0 atom stereocenters. The number of nitrogens with zero attached hydrogens (tertiary/aromatic N) is 3. The maximum atomic E-state index is 12.9. The summed E-state index contributed by atoms with van der Waals surface area (Å²) in [7, 11) is -0.182. The third kappa shape index (κ3) is 3.17. The van der Waals surface area contributed by atoms with E-state index in [1.54, 1.807) is 6.33 Å². The van der Waals surface area contributed by atoms with Crippen LogP contribution in [0.3, 0.4) is 0 Å². The molecule has 2 aliphatic heterocycles. The Hall–Kier alpha value is -1.86. The van der Waals surface area contributed by atoms with Gasteiger partial charge in [0.25, 0.3) is 5.91 Å². The van der Waals surface area contributed by atoms with Gasteiger partial charge in [0.05, 0.1) is 28.7 Å². The number of carbonyl (C=O) groups is 1. The number of pyridine rings is 1. The third-order valence-electron chi connectivity index (χ3n) is 6.46. The molecular formula is C20H28BN3O3. The molecule has 27 heavy (non-hydrogen) atoms. The van der Waals surface area contributed by atoms with Gasteiger partial charge in [0.15, 0.2) is 0 Å². The molecule has 0 saturated carbocycles. The minimum atomic E-state index is -0.302. The van der Waals surface area contributed by atoms with Crippen LogP contribution in [0.5, 0.6) is 0 Å². The number of aromatic nitrogens is 2. The van der Waals surface area contributed by atoms with E-state index in [1.807, 2.05) is 34.6 Å². The van der Waals surface area contributed by atoms with Crippen LogP contribution >= 0.6 is 0 Å². The number of hydrogen-bond donors (Lipinski definition) is 0. The second-order valence-corrected chi connectivity index (χ2v) is 8.79. The molecule has 2 fully saturated rings. The van der Waals surface area contributed by atoms with Crippen LogP contribution in [-0.4, -0.2) is 51.6 Å². The Labute approximate surface area is 161 Å². The highest BCUT2D eigenvalue weighted by molar-refractivity contribution is 6.47. The second-order valence-electron chi connectivity index (χ2n) is 8.79. The van der Waals surface area contributed by atoms with Gasteiger partial charge in [-0.2, -0.15) is 0 Å². The summed E-state index contributed by atoms with van der Waals surface area (Å²) < 4.78 is 14.3. The Morgan fingerprint density at radius 3 is 2.44 bits per heavy atom. The van der Waals surface area contributed by atoms with Gasteiger partial charge in [0.2, 0.25) is 0 Å². The van der Waals surface area contributed by atoms with E-state index in [0.29, 0.717) is 5.82 Å². The van der Waals surface area contributed by atoms with Gasteiger partial charge in [-0.3, -0.25) is 4.79 Å². The lowest BCUT2D eigenvalue weighted by molar-refractivity contribution is 0.00578. The summed E-state index contributed by atoms with van der Waals surface area (Å²) in [6.45, 7) is 11.8. The number of rotatable bonds is 2. The van der Waals surface area contributed by atoms with Crippen LogP contribution in [0.2, 0.25) is 5.82 Å². The Bertz CT molecular complexity index is 852. The van der Waals surface area contributed by atoms with Gasteiger partial charge in [0, 0.05) is 24.8 Å². The van der Waals surface area contributed by atoms with Gasteiger partial charge < -0.3 is 18.6 Å². The van der Waals surface area contributed by atoms with Gasteiger partial charge in [-0.1, -0.05) is 0 Å². The number of likely N-dealkylation sites (tertiary alicyclic amines) is 1. The Morgan fingerprint density at radius 1 is 1.19 bits per heavy atom. The summed E-state index contributed by atoms with van der Waals surface area (Å²) in [4.78, 5) is 19.2. The third-order valence-corrected chi connectivity index (χ3v) is 6.46. The molecule has 2 aliphatic rings. The number of hydrogen-bond acceptors (Lipinski definition) is 4. The summed E-state index contributed by atoms with van der Waals surface area (Å²) in [5, 5.41) is 0. The second kappa shape index (κ2) is 6.35. The first-order chi connectivity index (χ1) is 12.7. The molecule has 2 aromatic heterocycles. The lowest BCUT2D eigenvalue weighted by Crippen LogP contribution is -2.41. The topological polar surface area (TPSA) is 56.1 Å². The summed E-state index contributed by atoms with van der Waals surface area (Å²) in [6, 6.07) is 3.81. The SMILES string of the molecule is Cc1ncn2ccc(C(=O)N3CCC(B4OC(C)(C)C(C)(C)O4)CC3)cc12. The van der Waals surface area contributed by atoms with Gasteiger partial charge in [-0.15, -0.1) is 0 Å². The molecule has 144 valence electrons. The highest BCUT2D eigenvalue weighted by atomic mass is 16.7. The van der Waals surface area contributed by atoms with E-state index in [1.165, 1.54) is 0 Å². The first kappa shape index (κ1) is 18.5. The van der Waals surface area contributed by atoms with Crippen molar-refractivity contribution in [3.63, 3.8) is 0 Å². The van der Waals surface area contributed by atoms with Crippen molar-refractivity contribution in [3.8, 4) is 0 Å². The first-order valence-corrected chi connectivity index (χ1v) is 9.76. The standard InChI is InChI=1S/C20H28BN3O3/c1-14-17-12-15(6-9-24(17)13-22-14)18(25)23-10-7-16(8-11-23)21-26-19(2,3)20(4,5)27-21/h6,9,12-13,16H,7-8,10-11H2,1-5H3. The maximum absolute atomic E-state index is 12.9. The summed E-state index contributed by atoms with van der Waals surface area (Å²) >= 11 is 0. The van der Waals surface area contributed by atoms with Gasteiger partial charge >= 0.3 is 7.12 Å². The molecule has 0 radical (unpaired) electrons. The van der Waals surface area contributed by atoms with Crippen LogP contribution in [0.25, 0.3) is 5.52 Å². The van der Waals surface area contributed by atoms with Crippen molar-refractivity contribution in [1.82, 2.24) is 14.3 Å². The molecule has 0 N–H and O–H groups in total. The van der Waals surface area contributed by atoms with E-state index in [2.05, 4.69) is 32.7 Å². The number of carbonyl (C=O) groups excluding carboxylic acids is 1. The molecule has 7 heteroatoms. The van der Waals surface area contributed by atoms with Crippen LogP contribution in [0, 0.1) is 6.92 Å². The lowest BCUT2D eigenvalue weighted by Gasteiger charge is -2.33. The highest BCUT2D eigenvalue weighted by Crippen LogP contribution is 2.42. The molecule has 0 spiro atoms. The van der Waals surface area contributed by atoms with Crippen molar-refractivity contribution >= 4 is 18.5 Å². The molecule has 2 saturated heterocycles. The van der Waals surface area contributed by atoms with Crippen LogP contribution in [0.4, 0.5) is 0 Å². The van der Waals surface area contributed by atoms with Crippen LogP contribution in [0.1, 0.15) is 56.6 Å². The van der Waals surface area contributed by atoms with Crippen molar-refractivity contribution in [2.24, 2.45) is 0 Å². The fourth-order valence-electron chi connectivity index (χ4n) is 3.89. The largest absolute Gasteiger partial charge is 0.461 e. The summed E-state index contributed by atoms with van der Waals surface area (Å²) in [6.07, 6.45) is 5.47. The quantitative estimate of drug-likeness (QED) is 0.762. The van der Waals surface area contributed by atoms with Crippen molar-refractivity contribution in [3.05, 3.63) is 35.9 Å².